The van der Waals surface area contributed by atoms with Gasteiger partial charge in [0.05, 0.1) is 5.69 Å². The van der Waals surface area contributed by atoms with Crippen LogP contribution >= 0.6 is 11.8 Å². The average Bonchev–Trinajstić information content (AvgIpc) is 2.52. The van der Waals surface area contributed by atoms with Crippen LogP contribution in [0, 0.1) is 20.8 Å². The maximum atomic E-state index is 5.77. The van der Waals surface area contributed by atoms with Crippen LogP contribution in [0.3, 0.4) is 0 Å². The fourth-order valence-corrected chi connectivity index (χ4v) is 2.95. The standard InChI is InChI=1S/C12H17N5S/c1-7-5-8(2)15-12(14-7)18-11-10(6-13)9(3)16-17(11)4/h5H,6,13H2,1-4H3. The molecule has 2 aromatic heterocycles. The summed E-state index contributed by atoms with van der Waals surface area (Å²) in [4.78, 5) is 8.85. The third-order valence-electron chi connectivity index (χ3n) is 2.64. The molecule has 0 aliphatic carbocycles. The van der Waals surface area contributed by atoms with E-state index in [2.05, 4.69) is 15.1 Å². The number of aryl methyl sites for hydroxylation is 4. The highest BCUT2D eigenvalue weighted by molar-refractivity contribution is 7.99. The highest BCUT2D eigenvalue weighted by Crippen LogP contribution is 2.29. The minimum atomic E-state index is 0.479. The Morgan fingerprint density at radius 3 is 2.39 bits per heavy atom. The molecular formula is C12H17N5S. The van der Waals surface area contributed by atoms with E-state index in [1.807, 2.05) is 38.6 Å². The molecule has 0 aliphatic heterocycles. The fraction of sp³-hybridized carbons (Fsp3) is 0.417. The van der Waals surface area contributed by atoms with Gasteiger partial charge in [-0.1, -0.05) is 0 Å². The number of nitrogens with two attached hydrogens (primary N) is 1. The van der Waals surface area contributed by atoms with Crippen molar-refractivity contribution in [3.05, 3.63) is 28.7 Å². The van der Waals surface area contributed by atoms with Gasteiger partial charge in [0.2, 0.25) is 0 Å². The van der Waals surface area contributed by atoms with Gasteiger partial charge in [0.15, 0.2) is 5.16 Å². The van der Waals surface area contributed by atoms with Crippen LogP contribution in [0.2, 0.25) is 0 Å². The normalized spacial score (nSPS) is 10.9. The van der Waals surface area contributed by atoms with Crippen molar-refractivity contribution in [3.8, 4) is 0 Å². The predicted octanol–water partition coefficient (Wildman–Crippen LogP) is 1.75. The third-order valence-corrected chi connectivity index (χ3v) is 3.71. The van der Waals surface area contributed by atoms with Crippen LogP contribution in [0.4, 0.5) is 0 Å². The molecule has 0 saturated carbocycles. The minimum absolute atomic E-state index is 0.479. The zero-order chi connectivity index (χ0) is 13.3. The minimum Gasteiger partial charge on any atom is -0.326 e. The molecule has 2 N–H and O–H groups in total. The van der Waals surface area contributed by atoms with Gasteiger partial charge in [0, 0.05) is 30.5 Å². The first kappa shape index (κ1) is 13.0. The zero-order valence-electron chi connectivity index (χ0n) is 11.1. The van der Waals surface area contributed by atoms with Crippen LogP contribution < -0.4 is 5.73 Å². The van der Waals surface area contributed by atoms with Crippen molar-refractivity contribution < 1.29 is 0 Å². The molecule has 2 rings (SSSR count). The second kappa shape index (κ2) is 5.07. The molecule has 0 aliphatic rings. The highest BCUT2D eigenvalue weighted by Gasteiger charge is 2.14. The predicted molar refractivity (Wildman–Crippen MR) is 71.5 cm³/mol. The van der Waals surface area contributed by atoms with Crippen molar-refractivity contribution in [2.45, 2.75) is 37.5 Å². The average molecular weight is 263 g/mol. The second-order valence-electron chi connectivity index (χ2n) is 4.23. The van der Waals surface area contributed by atoms with Crippen LogP contribution in [0.5, 0.6) is 0 Å². The molecule has 96 valence electrons. The molecule has 2 heterocycles. The topological polar surface area (TPSA) is 69.6 Å². The van der Waals surface area contributed by atoms with E-state index in [0.717, 1.165) is 32.8 Å². The van der Waals surface area contributed by atoms with Crippen LogP contribution in [0.25, 0.3) is 0 Å². The maximum Gasteiger partial charge on any atom is 0.194 e. The van der Waals surface area contributed by atoms with E-state index >= 15 is 0 Å². The molecule has 2 aromatic rings. The summed E-state index contributed by atoms with van der Waals surface area (Å²) in [5, 5.41) is 6.14. The maximum absolute atomic E-state index is 5.77. The molecular weight excluding hydrogens is 246 g/mol. The SMILES string of the molecule is Cc1cc(C)nc(Sc2c(CN)c(C)nn2C)n1. The van der Waals surface area contributed by atoms with E-state index in [1.165, 1.54) is 11.8 Å². The Kier molecular flexibility index (Phi) is 3.68. The number of hydrogen-bond acceptors (Lipinski definition) is 5. The smallest absolute Gasteiger partial charge is 0.194 e. The molecule has 5 nitrogen and oxygen atoms in total. The molecule has 0 spiro atoms. The molecule has 6 heteroatoms. The third kappa shape index (κ3) is 2.54. The van der Waals surface area contributed by atoms with Crippen LogP contribution in [-0.2, 0) is 13.6 Å². The highest BCUT2D eigenvalue weighted by atomic mass is 32.2. The Balaban J connectivity index is 2.39. The van der Waals surface area contributed by atoms with Gasteiger partial charge in [-0.15, -0.1) is 0 Å². The van der Waals surface area contributed by atoms with Crippen molar-refractivity contribution in [2.75, 3.05) is 0 Å². The molecule has 0 amide bonds. The Morgan fingerprint density at radius 2 is 1.83 bits per heavy atom. The number of aromatic nitrogens is 4. The van der Waals surface area contributed by atoms with Gasteiger partial charge in [0.25, 0.3) is 0 Å². The molecule has 0 saturated heterocycles. The molecule has 18 heavy (non-hydrogen) atoms. The van der Waals surface area contributed by atoms with Gasteiger partial charge in [-0.25, -0.2) is 9.97 Å². The summed E-state index contributed by atoms with van der Waals surface area (Å²) < 4.78 is 1.84. The van der Waals surface area contributed by atoms with Crippen molar-refractivity contribution in [1.29, 1.82) is 0 Å². The summed E-state index contributed by atoms with van der Waals surface area (Å²) >= 11 is 1.51. The Morgan fingerprint density at radius 1 is 1.22 bits per heavy atom. The molecule has 0 fully saturated rings. The summed E-state index contributed by atoms with van der Waals surface area (Å²) in [5.74, 6) is 0. The van der Waals surface area contributed by atoms with E-state index < -0.39 is 0 Å². The Hall–Kier alpha value is -1.40. The molecule has 0 aromatic carbocycles. The van der Waals surface area contributed by atoms with E-state index in [4.69, 9.17) is 5.73 Å². The number of hydrogen-bond donors (Lipinski definition) is 1. The van der Waals surface area contributed by atoms with Crippen molar-refractivity contribution in [2.24, 2.45) is 12.8 Å². The zero-order valence-corrected chi connectivity index (χ0v) is 11.9. The van der Waals surface area contributed by atoms with Gasteiger partial charge in [-0.05, 0) is 38.6 Å². The summed E-state index contributed by atoms with van der Waals surface area (Å²) in [5.41, 5.74) is 9.74. The van der Waals surface area contributed by atoms with E-state index in [9.17, 15) is 0 Å². The summed E-state index contributed by atoms with van der Waals surface area (Å²) in [6.07, 6.45) is 0. The van der Waals surface area contributed by atoms with E-state index in [1.54, 1.807) is 0 Å². The molecule has 0 atom stereocenters. The summed E-state index contributed by atoms with van der Waals surface area (Å²) in [6.45, 7) is 6.38. The van der Waals surface area contributed by atoms with Crippen LogP contribution in [0.15, 0.2) is 16.2 Å². The first-order chi connectivity index (χ1) is 8.51. The van der Waals surface area contributed by atoms with E-state index in [0.29, 0.717) is 6.54 Å². The monoisotopic (exact) mass is 263 g/mol. The fourth-order valence-electron chi connectivity index (χ4n) is 1.87. The lowest BCUT2D eigenvalue weighted by Gasteiger charge is -2.05. The van der Waals surface area contributed by atoms with Gasteiger partial charge in [-0.2, -0.15) is 5.10 Å². The molecule has 0 unspecified atom stereocenters. The lowest BCUT2D eigenvalue weighted by Crippen LogP contribution is -2.01. The van der Waals surface area contributed by atoms with Crippen molar-refractivity contribution >= 4 is 11.8 Å². The van der Waals surface area contributed by atoms with Gasteiger partial charge in [-0.3, -0.25) is 4.68 Å². The Bertz CT molecular complexity index is 556. The number of nitrogens with zero attached hydrogens (tertiary/aromatic N) is 4. The van der Waals surface area contributed by atoms with E-state index in [-0.39, 0.29) is 0 Å². The largest absolute Gasteiger partial charge is 0.326 e. The second-order valence-corrected chi connectivity index (χ2v) is 5.19. The lowest BCUT2D eigenvalue weighted by atomic mass is 10.3. The summed E-state index contributed by atoms with van der Waals surface area (Å²) in [7, 11) is 1.91. The van der Waals surface area contributed by atoms with Crippen LogP contribution in [-0.4, -0.2) is 19.7 Å². The first-order valence-electron chi connectivity index (χ1n) is 5.74. The van der Waals surface area contributed by atoms with Crippen molar-refractivity contribution in [1.82, 2.24) is 19.7 Å². The van der Waals surface area contributed by atoms with Crippen LogP contribution in [0.1, 0.15) is 22.6 Å². The lowest BCUT2D eigenvalue weighted by molar-refractivity contribution is 0.686. The van der Waals surface area contributed by atoms with Crippen molar-refractivity contribution in [3.63, 3.8) is 0 Å². The molecule has 0 radical (unpaired) electrons. The molecule has 0 bridgehead atoms. The first-order valence-corrected chi connectivity index (χ1v) is 6.55. The van der Waals surface area contributed by atoms with Gasteiger partial charge < -0.3 is 5.73 Å². The summed E-state index contributed by atoms with van der Waals surface area (Å²) in [6, 6.07) is 1.96. The van der Waals surface area contributed by atoms with Gasteiger partial charge >= 0.3 is 0 Å². The Labute approximate surface area is 111 Å². The number of rotatable bonds is 3. The quantitative estimate of drug-likeness (QED) is 0.854. The van der Waals surface area contributed by atoms with Gasteiger partial charge in [0.1, 0.15) is 5.03 Å².